The summed E-state index contributed by atoms with van der Waals surface area (Å²) < 4.78 is 45.5. The van der Waals surface area contributed by atoms with Gasteiger partial charge in [-0.3, -0.25) is 23.7 Å². The van der Waals surface area contributed by atoms with Crippen molar-refractivity contribution < 1.29 is 37.7 Å². The second-order valence-corrected chi connectivity index (χ2v) is 10.4. The van der Waals surface area contributed by atoms with E-state index in [1.807, 2.05) is 11.9 Å². The van der Waals surface area contributed by atoms with Crippen LogP contribution in [0.3, 0.4) is 0 Å². The highest BCUT2D eigenvalue weighted by atomic mass is 31.1. The fourth-order valence-corrected chi connectivity index (χ4v) is 4.63. The zero-order valence-electron chi connectivity index (χ0n) is 21.0. The first-order valence-corrected chi connectivity index (χ1v) is 12.8. The Bertz CT molecular complexity index is 1230. The van der Waals surface area contributed by atoms with Crippen LogP contribution in [-0.4, -0.2) is 62.1 Å². The standard InChI is InChI=1S/C23H31FN3O9P/c1-13(2)34-20(30)15(4)27(36-16-8-6-14(3)7-9-16)37(32)33-12-17-19(29)23(5,24)21(35-17)26-11-10-18(28)25-22(26)31/h6-11,13,15,17,19,21,29,37H,12H2,1-5H3,(H,25,28,31)/t15?,17-,19-,21-,23-/m1/s1. The highest BCUT2D eigenvalue weighted by Crippen LogP contribution is 2.42. The van der Waals surface area contributed by atoms with Gasteiger partial charge in [0.2, 0.25) is 0 Å². The molecule has 1 aliphatic heterocycles. The fraction of sp³-hybridized carbons (Fsp3) is 0.522. The topological polar surface area (TPSA) is 149 Å². The van der Waals surface area contributed by atoms with Gasteiger partial charge in [-0.2, -0.15) is 0 Å². The number of halogens is 1. The smallest absolute Gasteiger partial charge is 0.330 e. The molecule has 1 aliphatic rings. The van der Waals surface area contributed by atoms with E-state index in [4.69, 9.17) is 18.8 Å². The first-order valence-electron chi connectivity index (χ1n) is 11.6. The maximum Gasteiger partial charge on any atom is 0.330 e. The molecule has 0 bridgehead atoms. The van der Waals surface area contributed by atoms with Gasteiger partial charge in [0.05, 0.1) is 12.7 Å². The minimum Gasteiger partial charge on any atom is -0.462 e. The van der Waals surface area contributed by atoms with E-state index in [1.54, 1.807) is 38.1 Å². The number of aromatic amines is 1. The number of hydrogen-bond donors (Lipinski definition) is 2. The third kappa shape index (κ3) is 6.74. The van der Waals surface area contributed by atoms with Crippen molar-refractivity contribution in [2.45, 2.75) is 70.9 Å². The van der Waals surface area contributed by atoms with E-state index in [1.165, 1.54) is 6.92 Å². The molecule has 0 radical (unpaired) electrons. The summed E-state index contributed by atoms with van der Waals surface area (Å²) in [5, 5.41) is 10.5. The van der Waals surface area contributed by atoms with E-state index < -0.39 is 68.3 Å². The predicted molar refractivity (Wildman–Crippen MR) is 130 cm³/mol. The summed E-state index contributed by atoms with van der Waals surface area (Å²) in [7, 11) is -3.33. The number of ether oxygens (including phenoxy) is 2. The van der Waals surface area contributed by atoms with E-state index in [-0.39, 0.29) is 5.75 Å². The molecule has 0 spiro atoms. The van der Waals surface area contributed by atoms with Crippen molar-refractivity contribution >= 4 is 14.1 Å². The summed E-state index contributed by atoms with van der Waals surface area (Å²) in [6.07, 6.45) is -4.10. The predicted octanol–water partition coefficient (Wildman–Crippen LogP) is 1.87. The third-order valence-electron chi connectivity index (χ3n) is 5.64. The molecule has 1 fully saturated rings. The molecule has 2 unspecified atom stereocenters. The van der Waals surface area contributed by atoms with Crippen molar-refractivity contribution in [3.8, 4) is 5.75 Å². The Morgan fingerprint density at radius 3 is 2.51 bits per heavy atom. The molecule has 204 valence electrons. The first-order chi connectivity index (χ1) is 17.3. The van der Waals surface area contributed by atoms with Gasteiger partial charge in [0.25, 0.3) is 13.7 Å². The zero-order valence-corrected chi connectivity index (χ0v) is 22.0. The lowest BCUT2D eigenvalue weighted by Gasteiger charge is -2.27. The maximum absolute atomic E-state index is 15.4. The molecule has 37 heavy (non-hydrogen) atoms. The van der Waals surface area contributed by atoms with Crippen LogP contribution in [0, 0.1) is 6.92 Å². The number of aliphatic hydroxyl groups is 1. The Balaban J connectivity index is 1.76. The number of carbonyl (C=O) groups excluding carboxylic acids is 1. The summed E-state index contributed by atoms with van der Waals surface area (Å²) in [5.41, 5.74) is -3.12. The molecular formula is C23H31FN3O9P. The number of aromatic nitrogens is 2. The second-order valence-electron chi connectivity index (χ2n) is 9.11. The molecule has 1 aromatic carbocycles. The van der Waals surface area contributed by atoms with Gasteiger partial charge in [0.1, 0.15) is 24.0 Å². The summed E-state index contributed by atoms with van der Waals surface area (Å²) >= 11 is 0. The molecule has 14 heteroatoms. The minimum absolute atomic E-state index is 0.280. The molecule has 0 aliphatic carbocycles. The summed E-state index contributed by atoms with van der Waals surface area (Å²) in [6, 6.07) is 6.60. The van der Waals surface area contributed by atoms with Gasteiger partial charge < -0.3 is 23.9 Å². The van der Waals surface area contributed by atoms with Crippen molar-refractivity contribution in [1.82, 2.24) is 14.4 Å². The van der Waals surface area contributed by atoms with Crippen LogP contribution < -0.4 is 16.1 Å². The number of esters is 1. The second kappa shape index (κ2) is 11.7. The highest BCUT2D eigenvalue weighted by Gasteiger charge is 2.55. The number of hydroxylamine groups is 1. The lowest BCUT2D eigenvalue weighted by molar-refractivity contribution is -0.159. The normalized spacial score (nSPS) is 25.3. The van der Waals surface area contributed by atoms with Crippen LogP contribution in [0.25, 0.3) is 0 Å². The van der Waals surface area contributed by atoms with Crippen molar-refractivity contribution in [1.29, 1.82) is 0 Å². The molecule has 1 saturated heterocycles. The fourth-order valence-electron chi connectivity index (χ4n) is 3.59. The SMILES string of the molecule is Cc1ccc(ON(C(C)C(=O)OC(C)C)[PH](=O)OC[C@H]2O[C@@H](n3ccc(=O)[nH]c3=O)[C@](C)(F)[C@@H]2O)cc1. The lowest BCUT2D eigenvalue weighted by Crippen LogP contribution is -2.43. The van der Waals surface area contributed by atoms with Crippen LogP contribution in [0.4, 0.5) is 4.39 Å². The van der Waals surface area contributed by atoms with E-state index >= 15 is 4.39 Å². The molecule has 1 aromatic heterocycles. The maximum atomic E-state index is 15.4. The third-order valence-corrected chi connectivity index (χ3v) is 6.89. The van der Waals surface area contributed by atoms with E-state index in [9.17, 15) is 24.1 Å². The minimum atomic E-state index is -3.33. The number of benzene rings is 1. The number of nitrogens with one attached hydrogen (secondary N) is 1. The number of nitrogens with zero attached hydrogens (tertiary/aromatic N) is 2. The zero-order chi connectivity index (χ0) is 27.5. The number of carbonyl (C=O) groups is 1. The van der Waals surface area contributed by atoms with Gasteiger partial charge in [0, 0.05) is 12.3 Å². The van der Waals surface area contributed by atoms with E-state index in [2.05, 4.69) is 0 Å². The summed E-state index contributed by atoms with van der Waals surface area (Å²) in [5.74, 6) is -0.433. The molecule has 0 saturated carbocycles. The number of alkyl halides is 1. The van der Waals surface area contributed by atoms with Crippen LogP contribution >= 0.6 is 8.18 Å². The molecular weight excluding hydrogens is 512 g/mol. The van der Waals surface area contributed by atoms with Crippen LogP contribution in [0.5, 0.6) is 5.75 Å². The molecule has 2 heterocycles. The van der Waals surface area contributed by atoms with Gasteiger partial charge in [-0.05, 0) is 46.8 Å². The molecule has 2 aromatic rings. The van der Waals surface area contributed by atoms with Crippen LogP contribution in [0.2, 0.25) is 0 Å². The average Bonchev–Trinajstić information content (AvgIpc) is 3.04. The van der Waals surface area contributed by atoms with Crippen LogP contribution in [0.15, 0.2) is 46.1 Å². The van der Waals surface area contributed by atoms with Crippen LogP contribution in [0.1, 0.15) is 39.5 Å². The van der Waals surface area contributed by atoms with E-state index in [0.717, 1.165) is 34.2 Å². The number of rotatable bonds is 10. The quantitative estimate of drug-likeness (QED) is 0.258. The van der Waals surface area contributed by atoms with Gasteiger partial charge in [-0.25, -0.2) is 9.18 Å². The summed E-state index contributed by atoms with van der Waals surface area (Å²) in [4.78, 5) is 44.5. The molecule has 3 rings (SSSR count). The van der Waals surface area contributed by atoms with Gasteiger partial charge >= 0.3 is 11.7 Å². The lowest BCUT2D eigenvalue weighted by atomic mass is 9.98. The number of aliphatic hydroxyl groups excluding tert-OH is 1. The van der Waals surface area contributed by atoms with E-state index in [0.29, 0.717) is 0 Å². The van der Waals surface area contributed by atoms with Gasteiger partial charge in [-0.15, -0.1) is 0 Å². The van der Waals surface area contributed by atoms with Crippen molar-refractivity contribution in [2.24, 2.45) is 0 Å². The number of aryl methyl sites for hydroxylation is 1. The van der Waals surface area contributed by atoms with Gasteiger partial charge in [-0.1, -0.05) is 22.5 Å². The van der Waals surface area contributed by atoms with Crippen molar-refractivity contribution in [3.05, 3.63) is 62.9 Å². The molecule has 0 amide bonds. The monoisotopic (exact) mass is 543 g/mol. The molecule has 2 N–H and O–H groups in total. The largest absolute Gasteiger partial charge is 0.462 e. The van der Waals surface area contributed by atoms with Crippen molar-refractivity contribution in [2.75, 3.05) is 6.61 Å². The Kier molecular flexibility index (Phi) is 9.09. The number of hydrogen-bond acceptors (Lipinski definition) is 9. The summed E-state index contributed by atoms with van der Waals surface area (Å²) in [6.45, 7) is 7.07. The average molecular weight is 543 g/mol. The Morgan fingerprint density at radius 1 is 1.27 bits per heavy atom. The molecule has 12 nitrogen and oxygen atoms in total. The Hall–Kier alpha value is -2.83. The number of H-pyrrole nitrogens is 1. The first kappa shape index (κ1) is 28.7. The Labute approximate surface area is 212 Å². The Morgan fingerprint density at radius 2 is 1.92 bits per heavy atom. The molecule has 6 atom stereocenters. The van der Waals surface area contributed by atoms with Crippen molar-refractivity contribution in [3.63, 3.8) is 0 Å². The van der Waals surface area contributed by atoms with Gasteiger partial charge in [0.15, 0.2) is 11.9 Å². The highest BCUT2D eigenvalue weighted by molar-refractivity contribution is 7.36. The van der Waals surface area contributed by atoms with Crippen LogP contribution in [-0.2, 0) is 23.4 Å².